The smallest absolute Gasteiger partial charge is 0.270 e. The highest BCUT2D eigenvalue weighted by molar-refractivity contribution is 8.18. The summed E-state index contributed by atoms with van der Waals surface area (Å²) in [6, 6.07) is 14.4. The number of thioether (sulfide) groups is 1. The van der Waals surface area contributed by atoms with Crippen LogP contribution in [-0.2, 0) is 4.79 Å². The summed E-state index contributed by atoms with van der Waals surface area (Å²) in [6.45, 7) is 0. The zero-order chi connectivity index (χ0) is 21.3. The average Bonchev–Trinajstić information content (AvgIpc) is 3.31. The second-order valence-electron chi connectivity index (χ2n) is 6.06. The molecule has 0 aliphatic carbocycles. The number of para-hydroxylation sites is 1. The van der Waals surface area contributed by atoms with Gasteiger partial charge in [-0.15, -0.1) is 0 Å². The first-order chi connectivity index (χ1) is 14.4. The van der Waals surface area contributed by atoms with Crippen molar-refractivity contribution < 1.29 is 14.1 Å². The van der Waals surface area contributed by atoms with E-state index in [9.17, 15) is 14.9 Å². The van der Waals surface area contributed by atoms with Gasteiger partial charge in [-0.05, 0) is 42.1 Å². The number of hydrogen-bond acceptors (Lipinski definition) is 6. The number of rotatable bonds is 4. The quantitative estimate of drug-likeness (QED) is 0.290. The summed E-state index contributed by atoms with van der Waals surface area (Å²) in [5, 5.41) is 14.9. The molecular weight excluding hydrogens is 449 g/mol. The molecule has 1 N–H and O–H groups in total. The Kier molecular flexibility index (Phi) is 5.63. The van der Waals surface area contributed by atoms with Crippen LogP contribution in [0.3, 0.4) is 0 Å². The van der Waals surface area contributed by atoms with Crippen molar-refractivity contribution in [2.45, 2.75) is 0 Å². The van der Waals surface area contributed by atoms with Crippen molar-refractivity contribution in [1.82, 2.24) is 5.32 Å². The minimum absolute atomic E-state index is 0.100. The van der Waals surface area contributed by atoms with Crippen LogP contribution in [0, 0.1) is 10.1 Å². The molecule has 2 aromatic carbocycles. The third kappa shape index (κ3) is 4.25. The summed E-state index contributed by atoms with van der Waals surface area (Å²) in [5.41, 5.74) is 0.834. The minimum Gasteiger partial charge on any atom is -0.457 e. The number of nitrogens with zero attached hydrogens (tertiary/aromatic N) is 2. The molecule has 1 fully saturated rings. The highest BCUT2D eigenvalue weighted by Gasteiger charge is 2.25. The number of nitro groups is 1. The summed E-state index contributed by atoms with van der Waals surface area (Å²) in [6.07, 6.45) is 1.56. The van der Waals surface area contributed by atoms with E-state index in [4.69, 9.17) is 27.6 Å². The summed E-state index contributed by atoms with van der Waals surface area (Å²) in [5.74, 6) is 0.422. The van der Waals surface area contributed by atoms with Gasteiger partial charge in [0.15, 0.2) is 5.17 Å². The van der Waals surface area contributed by atoms with Crippen LogP contribution < -0.4 is 5.32 Å². The number of carbonyl (C=O) groups excluding carboxylic acids is 1. The Morgan fingerprint density at radius 2 is 1.90 bits per heavy atom. The maximum absolute atomic E-state index is 12.3. The molecule has 0 unspecified atom stereocenters. The maximum Gasteiger partial charge on any atom is 0.270 e. The van der Waals surface area contributed by atoms with Crippen molar-refractivity contribution >= 4 is 63.5 Å². The number of hydrogen-bond donors (Lipinski definition) is 1. The monoisotopic (exact) mass is 459 g/mol. The molecule has 0 spiro atoms. The van der Waals surface area contributed by atoms with Gasteiger partial charge in [0, 0.05) is 23.8 Å². The number of furan rings is 1. The van der Waals surface area contributed by atoms with Gasteiger partial charge in [0.2, 0.25) is 0 Å². The molecule has 150 valence electrons. The topological polar surface area (TPSA) is 97.7 Å². The fourth-order valence-electron chi connectivity index (χ4n) is 2.65. The lowest BCUT2D eigenvalue weighted by Gasteiger charge is -2.00. The Bertz CT molecular complexity index is 1240. The molecule has 30 heavy (non-hydrogen) atoms. The van der Waals surface area contributed by atoms with E-state index in [1.165, 1.54) is 18.2 Å². The predicted octanol–water partition coefficient (Wildman–Crippen LogP) is 6.05. The van der Waals surface area contributed by atoms with Gasteiger partial charge in [0.1, 0.15) is 11.5 Å². The van der Waals surface area contributed by atoms with Crippen molar-refractivity contribution in [1.29, 1.82) is 0 Å². The molecule has 2 heterocycles. The fourth-order valence-corrected chi connectivity index (χ4v) is 3.86. The number of non-ortho nitro benzene ring substituents is 1. The van der Waals surface area contributed by atoms with E-state index < -0.39 is 4.92 Å². The first kappa shape index (κ1) is 20.2. The lowest BCUT2D eigenvalue weighted by atomic mass is 10.1. The summed E-state index contributed by atoms with van der Waals surface area (Å²) >= 11 is 13.4. The van der Waals surface area contributed by atoms with E-state index in [2.05, 4.69) is 10.3 Å². The van der Waals surface area contributed by atoms with Crippen LogP contribution in [0.15, 0.2) is 68.9 Å². The van der Waals surface area contributed by atoms with Gasteiger partial charge in [0.25, 0.3) is 11.6 Å². The number of amides is 1. The standard InChI is InChI=1S/C20H11Cl2N3O4S/c21-14-7-5-11(25(27)28)9-13(14)17-8-6-12(29-17)10-18-19(26)24-20(30-18)23-16-4-2-1-3-15(16)22/h1-10H,(H,23,24,26)/b18-10+. The van der Waals surface area contributed by atoms with Gasteiger partial charge < -0.3 is 9.73 Å². The number of aliphatic imine (C=N–C) groups is 1. The van der Waals surface area contributed by atoms with Gasteiger partial charge in [-0.2, -0.15) is 0 Å². The zero-order valence-corrected chi connectivity index (χ0v) is 17.3. The zero-order valence-electron chi connectivity index (χ0n) is 15.0. The third-order valence-electron chi connectivity index (χ3n) is 4.05. The van der Waals surface area contributed by atoms with E-state index in [0.29, 0.717) is 42.9 Å². The van der Waals surface area contributed by atoms with Crippen molar-refractivity contribution in [2.24, 2.45) is 4.99 Å². The SMILES string of the molecule is O=C1NC(=Nc2ccccc2Cl)S/C1=C/c1ccc(-c2cc([N+](=O)[O-])ccc2Cl)o1. The minimum atomic E-state index is -0.509. The van der Waals surface area contributed by atoms with Crippen LogP contribution in [0.1, 0.15) is 5.76 Å². The summed E-state index contributed by atoms with van der Waals surface area (Å²) in [4.78, 5) is 27.5. The Balaban J connectivity index is 1.59. The summed E-state index contributed by atoms with van der Waals surface area (Å²) in [7, 11) is 0. The van der Waals surface area contributed by atoms with Crippen LogP contribution in [0.5, 0.6) is 0 Å². The molecule has 0 saturated carbocycles. The molecule has 10 heteroatoms. The summed E-state index contributed by atoms with van der Waals surface area (Å²) < 4.78 is 5.73. The largest absolute Gasteiger partial charge is 0.457 e. The molecule has 1 amide bonds. The third-order valence-corrected chi connectivity index (χ3v) is 5.61. The molecule has 1 aromatic heterocycles. The molecule has 0 atom stereocenters. The molecule has 4 rings (SSSR count). The predicted molar refractivity (Wildman–Crippen MR) is 118 cm³/mol. The number of benzene rings is 2. The van der Waals surface area contributed by atoms with E-state index in [-0.39, 0.29) is 11.6 Å². The molecule has 1 aliphatic heterocycles. The molecule has 0 bridgehead atoms. The number of carbonyl (C=O) groups is 1. The Hall–Kier alpha value is -3.07. The fraction of sp³-hybridized carbons (Fsp3) is 0. The second kappa shape index (κ2) is 8.35. The van der Waals surface area contributed by atoms with Crippen molar-refractivity contribution in [3.63, 3.8) is 0 Å². The first-order valence-electron chi connectivity index (χ1n) is 8.49. The number of halogens is 2. The lowest BCUT2D eigenvalue weighted by molar-refractivity contribution is -0.384. The molecule has 1 aliphatic rings. The highest BCUT2D eigenvalue weighted by Crippen LogP contribution is 2.35. The molecule has 7 nitrogen and oxygen atoms in total. The Labute approximate surface area is 184 Å². The van der Waals surface area contributed by atoms with Crippen LogP contribution in [0.4, 0.5) is 11.4 Å². The van der Waals surface area contributed by atoms with Crippen LogP contribution in [0.2, 0.25) is 10.0 Å². The second-order valence-corrected chi connectivity index (χ2v) is 7.90. The Morgan fingerprint density at radius 1 is 1.10 bits per heavy atom. The van der Waals surface area contributed by atoms with Crippen LogP contribution in [-0.4, -0.2) is 16.0 Å². The van der Waals surface area contributed by atoms with E-state index >= 15 is 0 Å². The van der Waals surface area contributed by atoms with Gasteiger partial charge in [0.05, 0.1) is 25.6 Å². The van der Waals surface area contributed by atoms with Crippen LogP contribution in [0.25, 0.3) is 17.4 Å². The van der Waals surface area contributed by atoms with E-state index in [0.717, 1.165) is 11.8 Å². The molecule has 1 saturated heterocycles. The van der Waals surface area contributed by atoms with Crippen molar-refractivity contribution in [2.75, 3.05) is 0 Å². The maximum atomic E-state index is 12.3. The van der Waals surface area contributed by atoms with Gasteiger partial charge in [-0.25, -0.2) is 4.99 Å². The number of amidine groups is 1. The normalized spacial score (nSPS) is 16.3. The van der Waals surface area contributed by atoms with Gasteiger partial charge in [-0.1, -0.05) is 35.3 Å². The first-order valence-corrected chi connectivity index (χ1v) is 10.1. The molecular formula is C20H11Cl2N3O4S. The van der Waals surface area contributed by atoms with E-state index in [1.54, 1.807) is 42.5 Å². The lowest BCUT2D eigenvalue weighted by Crippen LogP contribution is -2.19. The number of nitrogens with one attached hydrogen (secondary N) is 1. The Morgan fingerprint density at radius 3 is 2.67 bits per heavy atom. The number of nitro benzene ring substituents is 1. The molecule has 0 radical (unpaired) electrons. The van der Waals surface area contributed by atoms with Crippen LogP contribution >= 0.6 is 35.0 Å². The van der Waals surface area contributed by atoms with Crippen molar-refractivity contribution in [3.05, 3.63) is 85.4 Å². The van der Waals surface area contributed by atoms with Gasteiger partial charge in [-0.3, -0.25) is 14.9 Å². The van der Waals surface area contributed by atoms with E-state index in [1.807, 2.05) is 0 Å². The van der Waals surface area contributed by atoms with Gasteiger partial charge >= 0.3 is 0 Å². The molecule has 3 aromatic rings. The average molecular weight is 460 g/mol. The highest BCUT2D eigenvalue weighted by atomic mass is 35.5. The van der Waals surface area contributed by atoms with Crippen molar-refractivity contribution in [3.8, 4) is 11.3 Å².